The van der Waals surface area contributed by atoms with Gasteiger partial charge in [-0.15, -0.1) is 0 Å². The largest absolute Gasteiger partial charge is 0.395 e. The van der Waals surface area contributed by atoms with E-state index in [1.54, 1.807) is 0 Å². The van der Waals surface area contributed by atoms with Crippen LogP contribution in [0.15, 0.2) is 0 Å². The van der Waals surface area contributed by atoms with Crippen molar-refractivity contribution < 1.29 is 22.5 Å². The van der Waals surface area contributed by atoms with E-state index in [9.17, 15) is 4.79 Å². The van der Waals surface area contributed by atoms with Crippen LogP contribution in [0.2, 0.25) is 25.2 Å². The third-order valence-corrected chi connectivity index (χ3v) is 11.9. The summed E-state index contributed by atoms with van der Waals surface area (Å²) in [7, 11) is -4.04. The zero-order valence-corrected chi connectivity index (χ0v) is 23.2. The number of ketones is 1. The first kappa shape index (κ1) is 29.9. The highest BCUT2D eigenvalue weighted by Crippen LogP contribution is 2.24. The minimum Gasteiger partial charge on any atom is -0.395 e. The van der Waals surface area contributed by atoms with Crippen molar-refractivity contribution >= 4 is 22.9 Å². The molecule has 0 saturated carbocycles. The van der Waals surface area contributed by atoms with Gasteiger partial charge in [0.05, 0.1) is 0 Å². The molecule has 2 atom stereocenters. The smallest absolute Gasteiger partial charge is 0.334 e. The minimum atomic E-state index is -2.02. The molecule has 0 heterocycles. The monoisotopic (exact) mass is 462 g/mol. The van der Waals surface area contributed by atoms with Crippen LogP contribution in [-0.2, 0) is 22.5 Å². The highest BCUT2D eigenvalue weighted by Gasteiger charge is 2.31. The molecule has 0 aliphatic heterocycles. The van der Waals surface area contributed by atoms with Crippen LogP contribution in [0.4, 0.5) is 0 Å². The summed E-state index contributed by atoms with van der Waals surface area (Å²) in [6.07, 6.45) is 6.21. The molecule has 0 N–H and O–H groups in total. The lowest BCUT2D eigenvalue weighted by Crippen LogP contribution is -2.38. The van der Waals surface area contributed by atoms with Crippen molar-refractivity contribution in [3.63, 3.8) is 0 Å². The highest BCUT2D eigenvalue weighted by molar-refractivity contribution is 6.66. The van der Waals surface area contributed by atoms with E-state index in [-0.39, 0.29) is 11.8 Å². The molecule has 0 saturated heterocycles. The molecule has 0 amide bonds. The fraction of sp³-hybridized carbons (Fsp3) is 0.957. The standard InChI is InChI=1S/C23H50O5Si2/c1-9-25-29(7,26-10-2)19-15-13-17-21(5)23(24)22(6)18-14-16-20-30(8,27-11-3)28-12-4/h21-22H,9-20H2,1-8H3. The number of carbonyl (C=O) groups is 1. The molecular formula is C23H50O5Si2. The summed E-state index contributed by atoms with van der Waals surface area (Å²) in [5, 5.41) is 0. The number of hydrogen-bond acceptors (Lipinski definition) is 5. The average molecular weight is 463 g/mol. The van der Waals surface area contributed by atoms with E-state index in [0.29, 0.717) is 32.2 Å². The second-order valence-corrected chi connectivity index (χ2v) is 15.4. The van der Waals surface area contributed by atoms with Gasteiger partial charge in [0.2, 0.25) is 0 Å². The van der Waals surface area contributed by atoms with Crippen molar-refractivity contribution in [2.45, 2.75) is 105 Å². The van der Waals surface area contributed by atoms with Crippen molar-refractivity contribution in [1.29, 1.82) is 0 Å². The van der Waals surface area contributed by atoms with E-state index >= 15 is 0 Å². The molecule has 0 spiro atoms. The summed E-state index contributed by atoms with van der Waals surface area (Å²) in [5.74, 6) is 0.691. The Balaban J connectivity index is 4.20. The van der Waals surface area contributed by atoms with Crippen LogP contribution in [0.1, 0.15) is 80.1 Å². The second kappa shape index (κ2) is 16.6. The van der Waals surface area contributed by atoms with Gasteiger partial charge in [-0.2, -0.15) is 0 Å². The van der Waals surface area contributed by atoms with Gasteiger partial charge in [-0.05, 0) is 65.7 Å². The maximum absolute atomic E-state index is 12.8. The first-order valence-electron chi connectivity index (χ1n) is 12.3. The summed E-state index contributed by atoms with van der Waals surface area (Å²) < 4.78 is 23.6. The fourth-order valence-corrected chi connectivity index (χ4v) is 9.13. The second-order valence-electron chi connectivity index (χ2n) is 8.70. The van der Waals surface area contributed by atoms with Gasteiger partial charge in [-0.25, -0.2) is 0 Å². The van der Waals surface area contributed by atoms with Gasteiger partial charge in [0.15, 0.2) is 0 Å². The lowest BCUT2D eigenvalue weighted by molar-refractivity contribution is -0.126. The Morgan fingerprint density at radius 2 is 0.933 bits per heavy atom. The number of carbonyl (C=O) groups excluding carboxylic acids is 1. The third kappa shape index (κ3) is 12.7. The van der Waals surface area contributed by atoms with Gasteiger partial charge in [0.1, 0.15) is 5.78 Å². The molecule has 180 valence electrons. The SMILES string of the molecule is CCO[Si](C)(CCCCC(C)C(=O)C(C)CCCC[Si](C)(OCC)OCC)OCC. The van der Waals surface area contributed by atoms with Crippen LogP contribution in [0.25, 0.3) is 0 Å². The molecule has 0 fully saturated rings. The quantitative estimate of drug-likeness (QED) is 0.153. The predicted molar refractivity (Wildman–Crippen MR) is 130 cm³/mol. The average Bonchev–Trinajstić information content (AvgIpc) is 2.68. The molecule has 30 heavy (non-hydrogen) atoms. The van der Waals surface area contributed by atoms with E-state index in [0.717, 1.165) is 50.6 Å². The van der Waals surface area contributed by atoms with E-state index in [4.69, 9.17) is 17.7 Å². The van der Waals surface area contributed by atoms with Crippen LogP contribution in [0.3, 0.4) is 0 Å². The number of hydrogen-bond donors (Lipinski definition) is 0. The van der Waals surface area contributed by atoms with Crippen LogP contribution in [0, 0.1) is 11.8 Å². The number of rotatable bonds is 20. The molecule has 5 nitrogen and oxygen atoms in total. The summed E-state index contributed by atoms with van der Waals surface area (Å²) >= 11 is 0. The van der Waals surface area contributed by atoms with E-state index in [1.165, 1.54) is 0 Å². The number of Topliss-reactive ketones (excluding diaryl/α,β-unsaturated/α-hetero) is 1. The molecule has 0 aromatic carbocycles. The first-order chi connectivity index (χ1) is 14.2. The molecule has 0 radical (unpaired) electrons. The molecular weight excluding hydrogens is 412 g/mol. The Morgan fingerprint density at radius 1 is 0.633 bits per heavy atom. The van der Waals surface area contributed by atoms with Gasteiger partial charge in [-0.1, -0.05) is 39.5 Å². The Morgan fingerprint density at radius 3 is 1.20 bits per heavy atom. The Kier molecular flexibility index (Phi) is 16.5. The summed E-state index contributed by atoms with van der Waals surface area (Å²) in [6, 6.07) is 2.01. The lowest BCUT2D eigenvalue weighted by Gasteiger charge is -2.26. The Labute approximate surface area is 189 Å². The summed E-state index contributed by atoms with van der Waals surface area (Å²) in [4.78, 5) is 12.8. The van der Waals surface area contributed by atoms with E-state index in [1.807, 2.05) is 27.7 Å². The highest BCUT2D eigenvalue weighted by atomic mass is 28.4. The molecule has 2 unspecified atom stereocenters. The maximum Gasteiger partial charge on any atom is 0.334 e. The normalized spacial score (nSPS) is 14.7. The summed E-state index contributed by atoms with van der Waals surface area (Å²) in [5.41, 5.74) is 0. The molecule has 0 rings (SSSR count). The van der Waals surface area contributed by atoms with Crippen molar-refractivity contribution in [2.75, 3.05) is 26.4 Å². The van der Waals surface area contributed by atoms with Crippen molar-refractivity contribution in [3.05, 3.63) is 0 Å². The molecule has 0 aliphatic carbocycles. The van der Waals surface area contributed by atoms with Gasteiger partial charge in [0, 0.05) is 38.3 Å². The topological polar surface area (TPSA) is 54.0 Å². The van der Waals surface area contributed by atoms with Gasteiger partial charge >= 0.3 is 17.1 Å². The molecule has 0 aromatic rings. The fourth-order valence-electron chi connectivity index (χ4n) is 4.16. The third-order valence-electron chi connectivity index (χ3n) is 5.81. The molecule has 0 aromatic heterocycles. The van der Waals surface area contributed by atoms with Gasteiger partial charge in [0.25, 0.3) is 0 Å². The van der Waals surface area contributed by atoms with Crippen molar-refractivity contribution in [3.8, 4) is 0 Å². The van der Waals surface area contributed by atoms with Crippen LogP contribution in [0.5, 0.6) is 0 Å². The first-order valence-corrected chi connectivity index (χ1v) is 17.3. The minimum absolute atomic E-state index is 0.138. The van der Waals surface area contributed by atoms with Crippen molar-refractivity contribution in [1.82, 2.24) is 0 Å². The van der Waals surface area contributed by atoms with Crippen LogP contribution in [-0.4, -0.2) is 49.3 Å². The summed E-state index contributed by atoms with van der Waals surface area (Å²) in [6.45, 7) is 19.5. The molecule has 0 aliphatic rings. The van der Waals surface area contributed by atoms with Gasteiger partial charge < -0.3 is 17.7 Å². The maximum atomic E-state index is 12.8. The Bertz CT molecular complexity index is 397. The zero-order chi connectivity index (χ0) is 23.0. The predicted octanol–water partition coefficient (Wildman–Crippen LogP) is 6.46. The van der Waals surface area contributed by atoms with E-state index < -0.39 is 17.1 Å². The zero-order valence-electron chi connectivity index (χ0n) is 21.2. The van der Waals surface area contributed by atoms with Crippen molar-refractivity contribution in [2.24, 2.45) is 11.8 Å². The Hall–Kier alpha value is -0.0562. The lowest BCUT2D eigenvalue weighted by atomic mass is 9.88. The van der Waals surface area contributed by atoms with Crippen LogP contribution < -0.4 is 0 Å². The van der Waals surface area contributed by atoms with Crippen LogP contribution >= 0.6 is 0 Å². The molecule has 0 bridgehead atoms. The van der Waals surface area contributed by atoms with Gasteiger partial charge in [-0.3, -0.25) is 4.79 Å². The molecule has 7 heteroatoms. The number of unbranched alkanes of at least 4 members (excludes halogenated alkanes) is 2. The van der Waals surface area contributed by atoms with E-state index in [2.05, 4.69) is 26.9 Å².